The Kier molecular flexibility index (Phi) is 5.79. The third-order valence-corrected chi connectivity index (χ3v) is 3.76. The van der Waals surface area contributed by atoms with Gasteiger partial charge in [-0.15, -0.1) is 0 Å². The van der Waals surface area contributed by atoms with E-state index in [1.807, 2.05) is 61.5 Å². The molecule has 136 valence electrons. The van der Waals surface area contributed by atoms with Crippen LogP contribution in [0.25, 0.3) is 0 Å². The molecule has 0 atom stereocenters. The number of aromatic nitrogens is 1. The Bertz CT molecular complexity index is 922. The zero-order valence-electron chi connectivity index (χ0n) is 15.2. The molecule has 1 heterocycles. The van der Waals surface area contributed by atoms with Gasteiger partial charge in [-0.3, -0.25) is 4.79 Å². The van der Waals surface area contributed by atoms with Gasteiger partial charge >= 0.3 is 0 Å². The number of benzene rings is 2. The van der Waals surface area contributed by atoms with Gasteiger partial charge in [0.1, 0.15) is 11.3 Å². The number of nitrogens with one attached hydrogen (secondary N) is 1. The number of rotatable bonds is 6. The molecule has 27 heavy (non-hydrogen) atoms. The first-order valence-corrected chi connectivity index (χ1v) is 8.42. The molecule has 0 saturated heterocycles. The van der Waals surface area contributed by atoms with Crippen molar-refractivity contribution in [3.05, 3.63) is 84.1 Å². The highest BCUT2D eigenvalue weighted by molar-refractivity contribution is 5.97. The molecule has 3 rings (SSSR count). The highest BCUT2D eigenvalue weighted by atomic mass is 16.5. The maximum absolute atomic E-state index is 12.4. The van der Waals surface area contributed by atoms with Crippen LogP contribution in [0.2, 0.25) is 0 Å². The first kappa shape index (κ1) is 18.1. The van der Waals surface area contributed by atoms with E-state index in [-0.39, 0.29) is 5.88 Å². The van der Waals surface area contributed by atoms with E-state index in [9.17, 15) is 4.79 Å². The zero-order chi connectivity index (χ0) is 19.1. The van der Waals surface area contributed by atoms with Crippen molar-refractivity contribution < 1.29 is 9.53 Å². The molecule has 0 unspecified atom stereocenters. The number of ether oxygens (including phenoxy) is 1. The van der Waals surface area contributed by atoms with E-state index >= 15 is 0 Å². The highest BCUT2D eigenvalue weighted by Gasteiger charge is 2.13. The lowest BCUT2D eigenvalue weighted by atomic mass is 10.2. The summed E-state index contributed by atoms with van der Waals surface area (Å²) in [5.41, 5.74) is 4.79. The molecule has 0 radical (unpaired) electrons. The molecular formula is C21H20N4O2. The van der Waals surface area contributed by atoms with Crippen LogP contribution in [0.5, 0.6) is 11.6 Å². The van der Waals surface area contributed by atoms with Gasteiger partial charge in [0.15, 0.2) is 0 Å². The number of amides is 1. The van der Waals surface area contributed by atoms with Crippen LogP contribution in [-0.4, -0.2) is 31.2 Å². The highest BCUT2D eigenvalue weighted by Crippen LogP contribution is 2.22. The summed E-state index contributed by atoms with van der Waals surface area (Å²) in [5.74, 6) is 0.441. The maximum Gasteiger partial charge on any atom is 0.276 e. The summed E-state index contributed by atoms with van der Waals surface area (Å²) in [7, 11) is 3.96. The number of carbonyl (C=O) groups is 1. The average Bonchev–Trinajstić information content (AvgIpc) is 2.69. The number of para-hydroxylation sites is 1. The van der Waals surface area contributed by atoms with E-state index in [1.165, 1.54) is 0 Å². The van der Waals surface area contributed by atoms with Crippen LogP contribution in [0.4, 0.5) is 5.69 Å². The second-order valence-electron chi connectivity index (χ2n) is 5.96. The zero-order valence-corrected chi connectivity index (χ0v) is 15.2. The Morgan fingerprint density at radius 2 is 1.78 bits per heavy atom. The summed E-state index contributed by atoms with van der Waals surface area (Å²) < 4.78 is 5.70. The van der Waals surface area contributed by atoms with Crippen LogP contribution in [0, 0.1) is 0 Å². The molecule has 3 aromatic rings. The number of anilines is 1. The minimum atomic E-state index is -0.393. The second kappa shape index (κ2) is 8.62. The SMILES string of the molecule is CN(C)c1ccc(/C=N/NC(=O)c2cccnc2Oc2ccccc2)cc1. The summed E-state index contributed by atoms with van der Waals surface area (Å²) in [4.78, 5) is 18.6. The lowest BCUT2D eigenvalue weighted by Gasteiger charge is -2.11. The third kappa shape index (κ3) is 4.92. The van der Waals surface area contributed by atoms with Crippen LogP contribution in [0.3, 0.4) is 0 Å². The van der Waals surface area contributed by atoms with Crippen LogP contribution < -0.4 is 15.1 Å². The molecule has 1 N–H and O–H groups in total. The molecular weight excluding hydrogens is 340 g/mol. The number of nitrogens with zero attached hydrogens (tertiary/aromatic N) is 3. The fraction of sp³-hybridized carbons (Fsp3) is 0.0952. The second-order valence-corrected chi connectivity index (χ2v) is 5.96. The Morgan fingerprint density at radius 1 is 1.04 bits per heavy atom. The maximum atomic E-state index is 12.4. The fourth-order valence-corrected chi connectivity index (χ4v) is 2.33. The lowest BCUT2D eigenvalue weighted by Crippen LogP contribution is -2.18. The van der Waals surface area contributed by atoms with Crippen LogP contribution in [0.15, 0.2) is 78.0 Å². The van der Waals surface area contributed by atoms with E-state index in [4.69, 9.17) is 4.74 Å². The molecule has 1 aromatic heterocycles. The minimum Gasteiger partial charge on any atom is -0.438 e. The molecule has 0 spiro atoms. The molecule has 2 aromatic carbocycles. The van der Waals surface area contributed by atoms with Gasteiger partial charge in [-0.25, -0.2) is 10.4 Å². The normalized spacial score (nSPS) is 10.6. The number of hydrogen-bond donors (Lipinski definition) is 1. The van der Waals surface area contributed by atoms with Crippen molar-refractivity contribution in [2.75, 3.05) is 19.0 Å². The molecule has 0 aliphatic carbocycles. The predicted molar refractivity (Wildman–Crippen MR) is 107 cm³/mol. The van der Waals surface area contributed by atoms with Gasteiger partial charge in [0.25, 0.3) is 5.91 Å². The van der Waals surface area contributed by atoms with Gasteiger partial charge in [0.05, 0.1) is 6.21 Å². The van der Waals surface area contributed by atoms with Crippen molar-refractivity contribution in [1.82, 2.24) is 10.4 Å². The Hall–Kier alpha value is -3.67. The first-order chi connectivity index (χ1) is 13.1. The molecule has 6 nitrogen and oxygen atoms in total. The van der Waals surface area contributed by atoms with Crippen LogP contribution in [0.1, 0.15) is 15.9 Å². The van der Waals surface area contributed by atoms with Crippen molar-refractivity contribution in [3.8, 4) is 11.6 Å². The molecule has 0 fully saturated rings. The van der Waals surface area contributed by atoms with Crippen molar-refractivity contribution >= 4 is 17.8 Å². The summed E-state index contributed by atoms with van der Waals surface area (Å²) in [6.07, 6.45) is 3.16. The molecule has 0 bridgehead atoms. The quantitative estimate of drug-likeness (QED) is 0.538. The topological polar surface area (TPSA) is 66.8 Å². The van der Waals surface area contributed by atoms with Gasteiger partial charge < -0.3 is 9.64 Å². The summed E-state index contributed by atoms with van der Waals surface area (Å²) in [5, 5.41) is 4.02. The van der Waals surface area contributed by atoms with Gasteiger partial charge in [0, 0.05) is 26.0 Å². The number of hydrogen-bond acceptors (Lipinski definition) is 5. The Morgan fingerprint density at radius 3 is 2.48 bits per heavy atom. The predicted octanol–water partition coefficient (Wildman–Crippen LogP) is 3.70. The summed E-state index contributed by atoms with van der Waals surface area (Å²) in [6.45, 7) is 0. The molecule has 6 heteroatoms. The average molecular weight is 360 g/mol. The smallest absolute Gasteiger partial charge is 0.276 e. The first-order valence-electron chi connectivity index (χ1n) is 8.42. The molecule has 0 saturated carbocycles. The van der Waals surface area contributed by atoms with Crippen molar-refractivity contribution in [3.63, 3.8) is 0 Å². The number of hydrazone groups is 1. The van der Waals surface area contributed by atoms with E-state index in [0.717, 1.165) is 11.3 Å². The Balaban J connectivity index is 1.67. The van der Waals surface area contributed by atoms with E-state index in [1.54, 1.807) is 36.7 Å². The van der Waals surface area contributed by atoms with Crippen molar-refractivity contribution in [2.45, 2.75) is 0 Å². The standard InChI is InChI=1S/C21H20N4O2/c1-25(2)17-12-10-16(11-13-17)15-23-24-20(26)19-9-6-14-22-21(19)27-18-7-4-3-5-8-18/h3-15H,1-2H3,(H,24,26)/b23-15+. The largest absolute Gasteiger partial charge is 0.438 e. The summed E-state index contributed by atoms with van der Waals surface area (Å²) >= 11 is 0. The summed E-state index contributed by atoms with van der Waals surface area (Å²) in [6, 6.07) is 20.3. The van der Waals surface area contributed by atoms with E-state index in [2.05, 4.69) is 15.5 Å². The van der Waals surface area contributed by atoms with E-state index in [0.29, 0.717) is 11.3 Å². The lowest BCUT2D eigenvalue weighted by molar-refractivity contribution is 0.0952. The number of carbonyl (C=O) groups excluding carboxylic acids is 1. The van der Waals surface area contributed by atoms with Crippen LogP contribution >= 0.6 is 0 Å². The van der Waals surface area contributed by atoms with Gasteiger partial charge in [-0.05, 0) is 42.0 Å². The monoisotopic (exact) mass is 360 g/mol. The van der Waals surface area contributed by atoms with Crippen LogP contribution in [-0.2, 0) is 0 Å². The minimum absolute atomic E-state index is 0.228. The number of pyridine rings is 1. The van der Waals surface area contributed by atoms with Crippen molar-refractivity contribution in [2.24, 2.45) is 5.10 Å². The Labute approximate surface area is 158 Å². The van der Waals surface area contributed by atoms with E-state index < -0.39 is 5.91 Å². The van der Waals surface area contributed by atoms with Crippen molar-refractivity contribution in [1.29, 1.82) is 0 Å². The molecule has 0 aliphatic heterocycles. The molecule has 1 amide bonds. The van der Waals surface area contributed by atoms with Gasteiger partial charge in [-0.1, -0.05) is 30.3 Å². The van der Waals surface area contributed by atoms with Gasteiger partial charge in [0.2, 0.25) is 5.88 Å². The van der Waals surface area contributed by atoms with Gasteiger partial charge in [-0.2, -0.15) is 5.10 Å². The molecule has 0 aliphatic rings. The fourth-order valence-electron chi connectivity index (χ4n) is 2.33. The third-order valence-electron chi connectivity index (χ3n) is 3.76.